The summed E-state index contributed by atoms with van der Waals surface area (Å²) in [5, 5.41) is 29.1. The fourth-order valence-corrected chi connectivity index (χ4v) is 3.04. The van der Waals surface area contributed by atoms with Crippen LogP contribution in [0, 0.1) is 5.41 Å². The van der Waals surface area contributed by atoms with Gasteiger partial charge in [-0.2, -0.15) is 0 Å². The number of nitrogens with zero attached hydrogens (tertiary/aromatic N) is 2. The Bertz CT molecular complexity index is 789. The summed E-state index contributed by atoms with van der Waals surface area (Å²) in [6.45, 7) is -1.04. The normalized spacial score (nSPS) is 25.4. The maximum absolute atomic E-state index is 11.7. The molecular formula is C9H11N3Na4O11P2. The molecule has 1 saturated heterocycles. The first-order valence-corrected chi connectivity index (χ1v) is 9.36. The maximum atomic E-state index is 11.7. The van der Waals surface area contributed by atoms with E-state index < -0.39 is 52.8 Å². The van der Waals surface area contributed by atoms with Crippen LogP contribution in [-0.4, -0.2) is 44.5 Å². The molecular weight excluding hydrogens is 480 g/mol. The number of ether oxygens (including phenoxy) is 1. The third kappa shape index (κ3) is 11.7. The molecule has 0 saturated carbocycles. The Morgan fingerprint density at radius 1 is 1.24 bits per heavy atom. The number of aliphatic hydroxyl groups is 1. The van der Waals surface area contributed by atoms with Crippen molar-refractivity contribution in [2.45, 2.75) is 24.5 Å². The average Bonchev–Trinajstić information content (AvgIpc) is 2.72. The van der Waals surface area contributed by atoms with Gasteiger partial charge in [-0.15, -0.1) is 0 Å². The van der Waals surface area contributed by atoms with Crippen LogP contribution in [0.1, 0.15) is 6.23 Å². The molecule has 1 aromatic rings. The molecule has 20 heteroatoms. The Kier molecular flexibility index (Phi) is 18.8. The maximum Gasteiger partial charge on any atom is 1.00 e. The monoisotopic (exact) mass is 491 g/mol. The minimum Gasteiger partial charge on any atom is -0.846 e. The summed E-state index contributed by atoms with van der Waals surface area (Å²) in [4.78, 5) is 44.0. The number of phosphoric ester groups is 2. The van der Waals surface area contributed by atoms with Crippen LogP contribution >= 0.6 is 15.6 Å². The molecule has 3 N–H and O–H groups in total. The van der Waals surface area contributed by atoms with Crippen LogP contribution < -0.4 is 144 Å². The summed E-state index contributed by atoms with van der Waals surface area (Å²) in [6, 6.07) is 0.0232. The molecule has 0 bridgehead atoms. The third-order valence-electron chi connectivity index (χ3n) is 3.07. The number of hydrogen-bond donors (Lipinski definition) is 3. The van der Waals surface area contributed by atoms with E-state index in [0.29, 0.717) is 4.57 Å². The molecule has 5 atom stereocenters. The van der Waals surface area contributed by atoms with E-state index in [-0.39, 0.29) is 124 Å². The van der Waals surface area contributed by atoms with Crippen LogP contribution in [0.3, 0.4) is 0 Å². The predicted octanol–water partition coefficient (Wildman–Crippen LogP) is -16.6. The zero-order chi connectivity index (χ0) is 19.0. The number of aliphatic hydroxyl groups excluding tert-OH is 1. The van der Waals surface area contributed by atoms with Crippen LogP contribution in [0.25, 0.3) is 0 Å². The Morgan fingerprint density at radius 3 is 2.24 bits per heavy atom. The molecule has 1 fully saturated rings. The molecule has 0 spiro atoms. The van der Waals surface area contributed by atoms with E-state index in [4.69, 9.17) is 15.0 Å². The topological polar surface area (TPSA) is 236 Å². The molecule has 2 heterocycles. The first-order chi connectivity index (χ1) is 11.4. The van der Waals surface area contributed by atoms with Gasteiger partial charge in [-0.3, -0.25) is 9.97 Å². The zero-order valence-corrected chi connectivity index (χ0v) is 25.8. The zero-order valence-electron chi connectivity index (χ0n) is 16.0. The molecule has 2 rings (SSSR count). The minimum atomic E-state index is -5.46. The standard InChI is InChI=1S/C9H15N3O11P2.4Na/c10-5-1-2-12(9(14)11-5)8-6(13)7(23-25(18,19)20)4(22-8)3-21-24(15,16)17;;;;/h1-2,4,6-8,13H,3H2,(H2,10,11,14)(H2,15,16,17)(H2,18,19,20);;;;/q;4*+1/p-4/t4-,6+,7-,8-;;;;/m1..../s1. The third-order valence-corrected chi connectivity index (χ3v) is 4.04. The van der Waals surface area contributed by atoms with Gasteiger partial charge in [0.15, 0.2) is 6.23 Å². The van der Waals surface area contributed by atoms with Gasteiger partial charge in [0.05, 0.1) is 20.4 Å². The molecule has 0 aliphatic carbocycles. The SMILES string of the molecule is N=c1ccn([C@@H]2O[C@H](COP(=O)([O-])[O-])[C@@H](OP(=O)([O-])O)[C@@H]2O)c([O-])n1.[Na+].[Na+].[Na+].[Na+]. The van der Waals surface area contributed by atoms with Crippen LogP contribution in [-0.2, 0) is 22.9 Å². The molecule has 0 aromatic carbocycles. The second-order valence-corrected chi connectivity index (χ2v) is 7.14. The van der Waals surface area contributed by atoms with Crippen molar-refractivity contribution >= 4 is 15.6 Å². The van der Waals surface area contributed by atoms with E-state index in [1.54, 1.807) is 0 Å². The van der Waals surface area contributed by atoms with E-state index >= 15 is 0 Å². The first-order valence-electron chi connectivity index (χ1n) is 6.40. The van der Waals surface area contributed by atoms with Crippen molar-refractivity contribution in [1.82, 2.24) is 9.55 Å². The summed E-state index contributed by atoms with van der Waals surface area (Å²) in [7, 11) is -10.9. The number of aromatic nitrogens is 2. The van der Waals surface area contributed by atoms with Crippen molar-refractivity contribution in [2.24, 2.45) is 0 Å². The molecule has 1 aliphatic heterocycles. The quantitative estimate of drug-likeness (QED) is 0.248. The van der Waals surface area contributed by atoms with E-state index in [1.807, 2.05) is 0 Å². The van der Waals surface area contributed by atoms with Gasteiger partial charge in [0.2, 0.25) is 0 Å². The van der Waals surface area contributed by atoms with E-state index in [2.05, 4.69) is 14.0 Å². The Labute approximate surface area is 252 Å². The summed E-state index contributed by atoms with van der Waals surface area (Å²) >= 11 is 0. The molecule has 0 radical (unpaired) electrons. The van der Waals surface area contributed by atoms with Crippen molar-refractivity contribution in [2.75, 3.05) is 6.61 Å². The smallest absolute Gasteiger partial charge is 0.846 e. The Hall–Kier alpha value is 2.82. The minimum absolute atomic E-state index is 0. The Balaban J connectivity index is -0.00000169. The van der Waals surface area contributed by atoms with Gasteiger partial charge in [-0.25, -0.2) is 4.98 Å². The van der Waals surface area contributed by atoms with Crippen molar-refractivity contribution in [3.05, 3.63) is 17.8 Å². The Morgan fingerprint density at radius 2 is 1.79 bits per heavy atom. The van der Waals surface area contributed by atoms with E-state index in [0.717, 1.165) is 12.3 Å². The van der Waals surface area contributed by atoms with Crippen molar-refractivity contribution in [3.8, 4) is 6.01 Å². The van der Waals surface area contributed by atoms with Crippen molar-refractivity contribution in [3.63, 3.8) is 0 Å². The van der Waals surface area contributed by atoms with Crippen molar-refractivity contribution in [1.29, 1.82) is 5.41 Å². The number of phosphoric acid groups is 2. The van der Waals surface area contributed by atoms with Crippen LogP contribution in [0.4, 0.5) is 0 Å². The van der Waals surface area contributed by atoms with Crippen LogP contribution in [0.5, 0.6) is 6.01 Å². The van der Waals surface area contributed by atoms with Gasteiger partial charge in [-0.05, 0) is 6.07 Å². The first kappa shape index (κ1) is 36.4. The molecule has 1 aromatic heterocycles. The van der Waals surface area contributed by atoms with E-state index in [9.17, 15) is 34.0 Å². The molecule has 14 nitrogen and oxygen atoms in total. The summed E-state index contributed by atoms with van der Waals surface area (Å²) in [5.41, 5.74) is -0.389. The summed E-state index contributed by atoms with van der Waals surface area (Å²) in [5.74, 6) is 0. The molecule has 1 aliphatic rings. The fourth-order valence-electron chi connectivity index (χ4n) is 2.14. The van der Waals surface area contributed by atoms with Gasteiger partial charge >= 0.3 is 118 Å². The van der Waals surface area contributed by atoms with Crippen molar-refractivity contribution < 1.29 is 171 Å². The second-order valence-electron chi connectivity index (χ2n) is 4.84. The second kappa shape index (κ2) is 14.9. The molecule has 29 heavy (non-hydrogen) atoms. The molecule has 0 amide bonds. The average molecular weight is 491 g/mol. The van der Waals surface area contributed by atoms with E-state index in [1.165, 1.54) is 0 Å². The fraction of sp³-hybridized carbons (Fsp3) is 0.556. The summed E-state index contributed by atoms with van der Waals surface area (Å²) < 4.78 is 35.5. The van der Waals surface area contributed by atoms with Gasteiger partial charge in [-0.1, -0.05) is 0 Å². The molecule has 1 unspecified atom stereocenters. The van der Waals surface area contributed by atoms with Gasteiger partial charge in [0, 0.05) is 6.20 Å². The predicted molar refractivity (Wildman–Crippen MR) is 65.7 cm³/mol. The largest absolute Gasteiger partial charge is 1.00 e. The number of hydrogen-bond acceptors (Lipinski definition) is 12. The van der Waals surface area contributed by atoms with Gasteiger partial charge in [0.25, 0.3) is 7.82 Å². The van der Waals surface area contributed by atoms with Gasteiger partial charge < -0.3 is 52.7 Å². The molecule has 142 valence electrons. The summed E-state index contributed by atoms with van der Waals surface area (Å²) in [6.07, 6.45) is -6.02. The number of rotatable bonds is 6. The van der Waals surface area contributed by atoms with Crippen LogP contribution in [0.2, 0.25) is 0 Å². The van der Waals surface area contributed by atoms with Gasteiger partial charge in [0.1, 0.15) is 23.8 Å². The number of nitrogens with one attached hydrogen (secondary N) is 1. The van der Waals surface area contributed by atoms with Crippen LogP contribution in [0.15, 0.2) is 12.3 Å².